The van der Waals surface area contributed by atoms with Crippen LogP contribution in [0.2, 0.25) is 0 Å². The second kappa shape index (κ2) is 20.6. The van der Waals surface area contributed by atoms with Gasteiger partial charge in [-0.1, -0.05) is 65.8 Å². The van der Waals surface area contributed by atoms with Crippen LogP contribution in [-0.4, -0.2) is 88.7 Å². The number of aliphatic hydroxyl groups is 1. The number of piperidine rings is 1. The van der Waals surface area contributed by atoms with Gasteiger partial charge in [-0.15, -0.1) is 0 Å². The number of nitrogens with one attached hydrogen (secondary N) is 3. The number of phenols is 1. The summed E-state index contributed by atoms with van der Waals surface area (Å²) >= 11 is 0. The molecule has 6 aromatic rings. The van der Waals surface area contributed by atoms with Crippen molar-refractivity contribution in [2.24, 2.45) is 5.92 Å². The quantitative estimate of drug-likeness (QED) is 0.0479. The monoisotopic (exact) mass is 830 g/mol. The van der Waals surface area contributed by atoms with Crippen LogP contribution in [0.3, 0.4) is 0 Å². The third-order valence-corrected chi connectivity index (χ3v) is 10.7. The Bertz CT molecular complexity index is 2430. The number of alkyl carbamates (subject to hydrolysis) is 1. The van der Waals surface area contributed by atoms with E-state index < -0.39 is 24.2 Å². The Morgan fingerprint density at radius 3 is 2.52 bits per heavy atom. The molecule has 61 heavy (non-hydrogen) atoms. The Balaban J connectivity index is 0.843. The van der Waals surface area contributed by atoms with Gasteiger partial charge in [-0.25, -0.2) is 9.59 Å². The third kappa shape index (κ3) is 11.6. The number of hydrogen-bond donors (Lipinski definition) is 5. The smallest absolute Gasteiger partial charge is 0.407 e. The first-order valence-corrected chi connectivity index (χ1v) is 20.4. The van der Waals surface area contributed by atoms with Gasteiger partial charge in [-0.2, -0.15) is 4.98 Å². The lowest BCUT2D eigenvalue weighted by Crippen LogP contribution is -2.35. The van der Waals surface area contributed by atoms with Crippen molar-refractivity contribution in [2.75, 3.05) is 46.4 Å². The van der Waals surface area contributed by atoms with Crippen LogP contribution in [0.25, 0.3) is 22.3 Å². The fourth-order valence-electron chi connectivity index (χ4n) is 7.20. The standard InChI is InChI=1S/C46H50N6O9/c1-52-23-20-30(21-24-52)28-60-46(57)50-42(31-8-3-2-4-9-31)34-10-7-11-35(26-34)59-29-41-49-44(51-61-41)32-12-14-33(15-13-32)45(56)58-25-6-5-22-47-27-39(54)36-16-18-38(53)43-37(36)17-19-40(55)48-43/h2-4,7-19,26,30,39,42,47,53-54H,5-6,20-25,27-29H2,1H3,(H,48,55)(H,50,57)/t39-,42?/m0/s1. The van der Waals surface area contributed by atoms with Crippen molar-refractivity contribution in [3.05, 3.63) is 142 Å². The van der Waals surface area contributed by atoms with E-state index in [9.17, 15) is 24.6 Å². The Morgan fingerprint density at radius 1 is 0.934 bits per heavy atom. The van der Waals surface area contributed by atoms with Gasteiger partial charge in [0.25, 0.3) is 5.89 Å². The second-order valence-electron chi connectivity index (χ2n) is 15.1. The Kier molecular flexibility index (Phi) is 14.4. The molecule has 7 rings (SSSR count). The summed E-state index contributed by atoms with van der Waals surface area (Å²) in [4.78, 5) is 46.7. The average molecular weight is 831 g/mol. The summed E-state index contributed by atoms with van der Waals surface area (Å²) in [5, 5.41) is 31.7. The molecule has 1 unspecified atom stereocenters. The van der Waals surface area contributed by atoms with Crippen molar-refractivity contribution in [3.8, 4) is 22.9 Å². The number of carbonyl (C=O) groups excluding carboxylic acids is 2. The zero-order valence-electron chi connectivity index (χ0n) is 33.9. The zero-order valence-corrected chi connectivity index (χ0v) is 33.9. The Hall–Kier alpha value is -6.55. The number of nitrogens with zero attached hydrogens (tertiary/aromatic N) is 3. The van der Waals surface area contributed by atoms with Gasteiger partial charge >= 0.3 is 12.1 Å². The number of aromatic hydroxyl groups is 1. The molecule has 1 aliphatic rings. The molecule has 1 aliphatic heterocycles. The molecule has 0 aliphatic carbocycles. The number of pyridine rings is 1. The molecule has 0 spiro atoms. The molecule has 0 saturated carbocycles. The highest BCUT2D eigenvalue weighted by Crippen LogP contribution is 2.29. The number of hydrogen-bond acceptors (Lipinski definition) is 13. The van der Waals surface area contributed by atoms with E-state index in [0.717, 1.165) is 37.1 Å². The fourth-order valence-corrected chi connectivity index (χ4v) is 7.20. The number of phenolic OH excluding ortho intramolecular Hbond substituents is 1. The minimum Gasteiger partial charge on any atom is -0.506 e. The van der Waals surface area contributed by atoms with Crippen LogP contribution >= 0.6 is 0 Å². The van der Waals surface area contributed by atoms with E-state index in [4.69, 9.17) is 18.7 Å². The normalized spacial score (nSPS) is 14.3. The van der Waals surface area contributed by atoms with Gasteiger partial charge in [0.05, 0.1) is 36.4 Å². The molecule has 2 atom stereocenters. The minimum atomic E-state index is -0.855. The van der Waals surface area contributed by atoms with Crippen LogP contribution in [-0.2, 0) is 16.1 Å². The number of ether oxygens (including phenoxy) is 3. The summed E-state index contributed by atoms with van der Waals surface area (Å²) in [5.41, 5.74) is 3.28. The van der Waals surface area contributed by atoms with Crippen LogP contribution in [0.5, 0.6) is 11.5 Å². The van der Waals surface area contributed by atoms with Gasteiger partial charge in [-0.3, -0.25) is 4.79 Å². The molecule has 2 aromatic heterocycles. The summed E-state index contributed by atoms with van der Waals surface area (Å²) in [6.45, 7) is 3.48. The highest BCUT2D eigenvalue weighted by molar-refractivity contribution is 5.90. The van der Waals surface area contributed by atoms with Crippen LogP contribution in [0, 0.1) is 5.92 Å². The van der Waals surface area contributed by atoms with Crippen LogP contribution < -0.4 is 20.9 Å². The van der Waals surface area contributed by atoms with Crippen molar-refractivity contribution in [3.63, 3.8) is 0 Å². The Morgan fingerprint density at radius 2 is 1.72 bits per heavy atom. The SMILES string of the molecule is CN1CCC(COC(=O)NC(c2ccccc2)c2cccc(OCc3nc(-c4ccc(C(=O)OCCCCNC[C@H](O)c5ccc(O)c6[nH]c(=O)ccc56)cc4)no3)c2)CC1. The number of rotatable bonds is 18. The number of aliphatic hydroxyl groups excluding tert-OH is 1. The van der Waals surface area contributed by atoms with Crippen LogP contribution in [0.1, 0.15) is 70.8 Å². The number of esters is 1. The van der Waals surface area contributed by atoms with Crippen molar-refractivity contribution in [1.82, 2.24) is 30.7 Å². The van der Waals surface area contributed by atoms with Crippen molar-refractivity contribution in [2.45, 2.75) is 44.4 Å². The van der Waals surface area contributed by atoms with Gasteiger partial charge in [0.1, 0.15) is 11.5 Å². The maximum atomic E-state index is 13.0. The third-order valence-electron chi connectivity index (χ3n) is 10.7. The maximum absolute atomic E-state index is 13.0. The molecule has 5 N–H and O–H groups in total. The first-order chi connectivity index (χ1) is 29.7. The molecular formula is C46H50N6O9. The lowest BCUT2D eigenvalue weighted by molar-refractivity contribution is 0.0498. The molecular weight excluding hydrogens is 781 g/mol. The summed E-state index contributed by atoms with van der Waals surface area (Å²) in [5.74, 6) is 0.989. The van der Waals surface area contributed by atoms with Crippen molar-refractivity contribution >= 4 is 23.0 Å². The van der Waals surface area contributed by atoms with Gasteiger partial charge in [0.2, 0.25) is 11.4 Å². The average Bonchev–Trinajstić information content (AvgIpc) is 3.77. The van der Waals surface area contributed by atoms with E-state index in [1.807, 2.05) is 54.6 Å². The fraction of sp³-hybridized carbons (Fsp3) is 0.326. The number of fused-ring (bicyclic) bond motifs is 1. The first kappa shape index (κ1) is 42.6. The summed E-state index contributed by atoms with van der Waals surface area (Å²) < 4.78 is 22.6. The predicted octanol–water partition coefficient (Wildman–Crippen LogP) is 6.28. The number of amides is 1. The molecule has 1 saturated heterocycles. The summed E-state index contributed by atoms with van der Waals surface area (Å²) in [7, 11) is 2.11. The van der Waals surface area contributed by atoms with Crippen molar-refractivity contribution in [1.29, 1.82) is 0 Å². The van der Waals surface area contributed by atoms with E-state index in [1.165, 1.54) is 12.1 Å². The number of H-pyrrole nitrogens is 1. The molecule has 3 heterocycles. The van der Waals surface area contributed by atoms with Gasteiger partial charge in [-0.05, 0) is 111 Å². The molecule has 1 fully saturated rings. The summed E-state index contributed by atoms with van der Waals surface area (Å²) in [6.07, 6.45) is 2.01. The van der Waals surface area contributed by atoms with E-state index >= 15 is 0 Å². The minimum absolute atomic E-state index is 0.0116. The van der Waals surface area contributed by atoms with E-state index in [2.05, 4.69) is 37.7 Å². The van der Waals surface area contributed by atoms with E-state index in [-0.39, 0.29) is 42.5 Å². The molecule has 15 heteroatoms. The number of aromatic nitrogens is 3. The van der Waals surface area contributed by atoms with Gasteiger partial charge < -0.3 is 49.5 Å². The number of carbonyl (C=O) groups is 2. The maximum Gasteiger partial charge on any atom is 0.407 e. The number of unbranched alkanes of at least 4 members (excludes halogenated alkanes) is 1. The number of likely N-dealkylation sites (tertiary alicyclic amines) is 1. The van der Waals surface area contributed by atoms with Crippen LogP contribution in [0.4, 0.5) is 4.79 Å². The molecule has 0 radical (unpaired) electrons. The predicted molar refractivity (Wildman–Crippen MR) is 227 cm³/mol. The van der Waals surface area contributed by atoms with Gasteiger partial charge in [0, 0.05) is 23.6 Å². The number of aromatic amines is 1. The van der Waals surface area contributed by atoms with Crippen LogP contribution in [0.15, 0.2) is 112 Å². The topological polar surface area (TPSA) is 201 Å². The Labute approximate surface area is 352 Å². The largest absolute Gasteiger partial charge is 0.506 e. The van der Waals surface area contributed by atoms with E-state index in [1.54, 1.807) is 36.4 Å². The highest BCUT2D eigenvalue weighted by Gasteiger charge is 2.22. The number of benzene rings is 4. The van der Waals surface area contributed by atoms with E-state index in [0.29, 0.717) is 65.6 Å². The van der Waals surface area contributed by atoms with Crippen molar-refractivity contribution < 1.29 is 38.5 Å². The molecule has 318 valence electrons. The second-order valence-corrected chi connectivity index (χ2v) is 15.1. The lowest BCUT2D eigenvalue weighted by Gasteiger charge is -2.28. The summed E-state index contributed by atoms with van der Waals surface area (Å²) in [6, 6.07) is 29.4. The van der Waals surface area contributed by atoms with Gasteiger partial charge in [0.15, 0.2) is 6.61 Å². The highest BCUT2D eigenvalue weighted by atomic mass is 16.5. The molecule has 4 aromatic carbocycles. The molecule has 1 amide bonds. The first-order valence-electron chi connectivity index (χ1n) is 20.4. The molecule has 15 nitrogen and oxygen atoms in total. The lowest BCUT2D eigenvalue weighted by atomic mass is 9.98. The molecule has 0 bridgehead atoms. The zero-order chi connectivity index (χ0) is 42.6.